The van der Waals surface area contributed by atoms with Gasteiger partial charge in [-0.1, -0.05) is 24.3 Å². The first-order valence-corrected chi connectivity index (χ1v) is 6.27. The molecule has 0 saturated carbocycles. The van der Waals surface area contributed by atoms with E-state index in [1.165, 1.54) is 24.3 Å². The van der Waals surface area contributed by atoms with Crippen molar-refractivity contribution in [3.05, 3.63) is 74.3 Å². The van der Waals surface area contributed by atoms with Gasteiger partial charge in [0.25, 0.3) is 11.4 Å². The molecule has 112 valence electrons. The zero-order valence-electron chi connectivity index (χ0n) is 11.6. The summed E-state index contributed by atoms with van der Waals surface area (Å²) in [6.07, 6.45) is 0. The van der Waals surface area contributed by atoms with Crippen molar-refractivity contribution in [2.45, 2.75) is 6.92 Å². The van der Waals surface area contributed by atoms with Gasteiger partial charge in [0.05, 0.1) is 15.6 Å². The predicted octanol–water partition coefficient (Wildman–Crippen LogP) is 3.34. The van der Waals surface area contributed by atoms with Crippen LogP contribution in [0, 0.1) is 20.2 Å². The summed E-state index contributed by atoms with van der Waals surface area (Å²) in [6.45, 7) is 1.65. The lowest BCUT2D eigenvalue weighted by atomic mass is 10.1. The van der Waals surface area contributed by atoms with Crippen LogP contribution in [-0.2, 0) is 0 Å². The number of nitro benzene ring substituents is 2. The monoisotopic (exact) mass is 300 g/mol. The van der Waals surface area contributed by atoms with Crippen LogP contribution in [-0.4, -0.2) is 15.6 Å². The molecule has 2 aromatic rings. The van der Waals surface area contributed by atoms with E-state index in [0.717, 1.165) is 0 Å². The van der Waals surface area contributed by atoms with Crippen LogP contribution >= 0.6 is 0 Å². The molecule has 0 aliphatic carbocycles. The van der Waals surface area contributed by atoms with E-state index in [2.05, 4.69) is 10.5 Å². The fraction of sp³-hybridized carbons (Fsp3) is 0.0714. The van der Waals surface area contributed by atoms with Gasteiger partial charge in [0, 0.05) is 23.8 Å². The highest BCUT2D eigenvalue weighted by Crippen LogP contribution is 2.23. The molecule has 8 nitrogen and oxygen atoms in total. The fourth-order valence-corrected chi connectivity index (χ4v) is 1.78. The van der Waals surface area contributed by atoms with E-state index in [-0.39, 0.29) is 17.1 Å². The van der Waals surface area contributed by atoms with Gasteiger partial charge in [-0.2, -0.15) is 5.10 Å². The first-order chi connectivity index (χ1) is 10.5. The number of benzene rings is 2. The number of hydrogen-bond acceptors (Lipinski definition) is 6. The highest BCUT2D eigenvalue weighted by Gasteiger charge is 2.12. The van der Waals surface area contributed by atoms with Gasteiger partial charge in [-0.05, 0) is 13.0 Å². The van der Waals surface area contributed by atoms with Crippen molar-refractivity contribution in [1.82, 2.24) is 0 Å². The lowest BCUT2D eigenvalue weighted by molar-refractivity contribution is -0.384. The van der Waals surface area contributed by atoms with Crippen LogP contribution in [0.15, 0.2) is 53.6 Å². The number of hydrazone groups is 1. The lowest BCUT2D eigenvalue weighted by Gasteiger charge is -2.04. The van der Waals surface area contributed by atoms with E-state index in [9.17, 15) is 20.2 Å². The minimum atomic E-state index is -0.513. The van der Waals surface area contributed by atoms with Crippen molar-refractivity contribution in [3.63, 3.8) is 0 Å². The second kappa shape index (κ2) is 6.44. The van der Waals surface area contributed by atoms with Crippen molar-refractivity contribution >= 4 is 22.8 Å². The highest BCUT2D eigenvalue weighted by molar-refractivity contribution is 5.99. The van der Waals surface area contributed by atoms with Crippen LogP contribution in [0.25, 0.3) is 0 Å². The molecule has 22 heavy (non-hydrogen) atoms. The Labute approximate surface area is 125 Å². The number of non-ortho nitro benzene ring substituents is 1. The number of nitrogens with zero attached hydrogens (tertiary/aromatic N) is 3. The van der Waals surface area contributed by atoms with Crippen LogP contribution in [0.2, 0.25) is 0 Å². The average molecular weight is 300 g/mol. The first-order valence-electron chi connectivity index (χ1n) is 6.27. The third-order valence-electron chi connectivity index (χ3n) is 2.92. The second-order valence-corrected chi connectivity index (χ2v) is 4.39. The van der Waals surface area contributed by atoms with Gasteiger partial charge in [-0.15, -0.1) is 0 Å². The lowest BCUT2D eigenvalue weighted by Crippen LogP contribution is -2.02. The third-order valence-corrected chi connectivity index (χ3v) is 2.92. The molecule has 1 N–H and O–H groups in total. The molecule has 0 radical (unpaired) electrons. The van der Waals surface area contributed by atoms with E-state index in [4.69, 9.17) is 0 Å². The van der Waals surface area contributed by atoms with Gasteiger partial charge in [0.15, 0.2) is 0 Å². The maximum atomic E-state index is 10.9. The Bertz CT molecular complexity index is 758. The standard InChI is InChI=1S/C14H12N4O4/c1-10(11-5-4-6-12(9-11)17(19)20)15-16-13-7-2-3-8-14(13)18(21)22/h2-9,16H,1H3/b15-10+. The van der Waals surface area contributed by atoms with E-state index in [1.807, 2.05) is 0 Å². The van der Waals surface area contributed by atoms with E-state index < -0.39 is 9.85 Å². The maximum absolute atomic E-state index is 10.9. The summed E-state index contributed by atoms with van der Waals surface area (Å²) in [4.78, 5) is 20.6. The molecule has 0 bridgehead atoms. The molecular formula is C14H12N4O4. The summed E-state index contributed by atoms with van der Waals surface area (Å²) < 4.78 is 0. The summed E-state index contributed by atoms with van der Waals surface area (Å²) in [5.74, 6) is 0. The van der Waals surface area contributed by atoms with Gasteiger partial charge in [-0.3, -0.25) is 25.7 Å². The van der Waals surface area contributed by atoms with Gasteiger partial charge in [0.1, 0.15) is 5.69 Å². The Hall–Kier alpha value is -3.29. The van der Waals surface area contributed by atoms with Crippen LogP contribution in [0.3, 0.4) is 0 Å². The minimum Gasteiger partial charge on any atom is -0.271 e. The molecule has 0 heterocycles. The maximum Gasteiger partial charge on any atom is 0.294 e. The van der Waals surface area contributed by atoms with Gasteiger partial charge >= 0.3 is 0 Å². The van der Waals surface area contributed by atoms with Crippen molar-refractivity contribution in [3.8, 4) is 0 Å². The zero-order valence-corrected chi connectivity index (χ0v) is 11.6. The van der Waals surface area contributed by atoms with Crippen LogP contribution < -0.4 is 5.43 Å². The Kier molecular flexibility index (Phi) is 4.42. The summed E-state index contributed by atoms with van der Waals surface area (Å²) in [6, 6.07) is 12.1. The largest absolute Gasteiger partial charge is 0.294 e. The van der Waals surface area contributed by atoms with Crippen molar-refractivity contribution in [1.29, 1.82) is 0 Å². The smallest absolute Gasteiger partial charge is 0.271 e. The summed E-state index contributed by atoms with van der Waals surface area (Å²) in [5.41, 5.74) is 3.75. The third kappa shape index (κ3) is 3.42. The Balaban J connectivity index is 2.25. The molecule has 0 saturated heterocycles. The fourth-order valence-electron chi connectivity index (χ4n) is 1.78. The zero-order chi connectivity index (χ0) is 16.1. The van der Waals surface area contributed by atoms with E-state index in [0.29, 0.717) is 11.3 Å². The predicted molar refractivity (Wildman–Crippen MR) is 82.0 cm³/mol. The molecule has 0 unspecified atom stereocenters. The molecule has 2 rings (SSSR count). The van der Waals surface area contributed by atoms with Crippen molar-refractivity contribution in [2.75, 3.05) is 5.43 Å². The number of para-hydroxylation sites is 2. The minimum absolute atomic E-state index is 0.0438. The van der Waals surface area contributed by atoms with Crippen LogP contribution in [0.4, 0.5) is 17.1 Å². The van der Waals surface area contributed by atoms with E-state index >= 15 is 0 Å². The molecule has 0 fully saturated rings. The summed E-state index contributed by atoms with van der Waals surface area (Å²) in [5, 5.41) is 25.7. The number of nitro groups is 2. The number of nitrogens with one attached hydrogen (secondary N) is 1. The first kappa shape index (κ1) is 15.1. The van der Waals surface area contributed by atoms with Crippen LogP contribution in [0.1, 0.15) is 12.5 Å². The number of rotatable bonds is 5. The van der Waals surface area contributed by atoms with Crippen LogP contribution in [0.5, 0.6) is 0 Å². The summed E-state index contributed by atoms with van der Waals surface area (Å²) in [7, 11) is 0. The molecular weight excluding hydrogens is 288 g/mol. The SMILES string of the molecule is C/C(=N\Nc1ccccc1[N+](=O)[O-])c1cccc([N+](=O)[O-])c1. The average Bonchev–Trinajstić information content (AvgIpc) is 2.52. The molecule has 8 heteroatoms. The van der Waals surface area contributed by atoms with Gasteiger partial charge < -0.3 is 0 Å². The molecule has 0 aromatic heterocycles. The molecule has 0 aliphatic heterocycles. The van der Waals surface area contributed by atoms with Crippen molar-refractivity contribution in [2.24, 2.45) is 5.10 Å². The summed E-state index contributed by atoms with van der Waals surface area (Å²) >= 11 is 0. The quantitative estimate of drug-likeness (QED) is 0.517. The second-order valence-electron chi connectivity index (χ2n) is 4.39. The normalized spacial score (nSPS) is 11.0. The molecule has 0 aliphatic rings. The topological polar surface area (TPSA) is 111 Å². The number of anilines is 1. The molecule has 0 atom stereocenters. The van der Waals surface area contributed by atoms with Gasteiger partial charge in [-0.25, -0.2) is 0 Å². The van der Waals surface area contributed by atoms with Gasteiger partial charge in [0.2, 0.25) is 0 Å². The Morgan fingerprint density at radius 2 is 1.77 bits per heavy atom. The molecule has 0 spiro atoms. The molecule has 2 aromatic carbocycles. The Morgan fingerprint density at radius 3 is 2.45 bits per heavy atom. The highest BCUT2D eigenvalue weighted by atomic mass is 16.6. The Morgan fingerprint density at radius 1 is 1.05 bits per heavy atom. The van der Waals surface area contributed by atoms with Crippen molar-refractivity contribution < 1.29 is 9.85 Å². The number of hydrogen-bond donors (Lipinski definition) is 1. The molecule has 0 amide bonds. The van der Waals surface area contributed by atoms with E-state index in [1.54, 1.807) is 31.2 Å².